The first-order valence-corrected chi connectivity index (χ1v) is 5.93. The van der Waals surface area contributed by atoms with E-state index in [1.807, 2.05) is 0 Å². The van der Waals surface area contributed by atoms with Crippen molar-refractivity contribution in [1.82, 2.24) is 0 Å². The summed E-state index contributed by atoms with van der Waals surface area (Å²) < 4.78 is 13.2. The average Bonchev–Trinajstić information content (AvgIpc) is 2.14. The number of alkyl halides is 1. The molecule has 1 saturated carbocycles. The van der Waals surface area contributed by atoms with Crippen molar-refractivity contribution < 1.29 is 4.39 Å². The van der Waals surface area contributed by atoms with Crippen molar-refractivity contribution >= 4 is 7.85 Å². The molecule has 76 valence electrons. The van der Waals surface area contributed by atoms with E-state index < -0.39 is 6.17 Å². The molecular weight excluding hydrogens is 162 g/mol. The van der Waals surface area contributed by atoms with Gasteiger partial charge in [-0.25, -0.2) is 4.39 Å². The highest BCUT2D eigenvalue weighted by molar-refractivity contribution is 6.11. The molecule has 2 heteroatoms. The van der Waals surface area contributed by atoms with Gasteiger partial charge in [0.15, 0.2) is 0 Å². The van der Waals surface area contributed by atoms with Crippen LogP contribution in [0, 0.1) is 0 Å². The van der Waals surface area contributed by atoms with Gasteiger partial charge in [-0.05, 0) is 12.8 Å². The molecule has 0 radical (unpaired) electrons. The van der Waals surface area contributed by atoms with Gasteiger partial charge in [0.25, 0.3) is 0 Å². The summed E-state index contributed by atoms with van der Waals surface area (Å²) in [6, 6.07) is 0. The van der Waals surface area contributed by atoms with Crippen molar-refractivity contribution in [2.45, 2.75) is 69.8 Å². The fourth-order valence-electron chi connectivity index (χ4n) is 2.18. The fourth-order valence-corrected chi connectivity index (χ4v) is 2.18. The summed E-state index contributed by atoms with van der Waals surface area (Å²) in [4.78, 5) is 0. The number of rotatable bonds is 0. The summed E-state index contributed by atoms with van der Waals surface area (Å²) in [5.74, 6) is 0.871. The second-order valence-corrected chi connectivity index (χ2v) is 4.62. The van der Waals surface area contributed by atoms with Crippen LogP contribution in [-0.2, 0) is 0 Å². The first-order chi connectivity index (χ1) is 6.29. The normalized spacial score (nSPS) is 33.6. The van der Waals surface area contributed by atoms with E-state index in [1.54, 1.807) is 0 Å². The molecule has 13 heavy (non-hydrogen) atoms. The Morgan fingerprint density at radius 3 is 1.92 bits per heavy atom. The Morgan fingerprint density at radius 2 is 1.23 bits per heavy atom. The molecular formula is C11H22BF. The molecule has 2 unspecified atom stereocenters. The Labute approximate surface area is 82.7 Å². The third-order valence-electron chi connectivity index (χ3n) is 3.18. The van der Waals surface area contributed by atoms with Gasteiger partial charge in [0, 0.05) is 0 Å². The van der Waals surface area contributed by atoms with E-state index in [0.717, 1.165) is 31.5 Å². The lowest BCUT2D eigenvalue weighted by molar-refractivity contribution is 0.282. The van der Waals surface area contributed by atoms with Crippen molar-refractivity contribution in [2.75, 3.05) is 0 Å². The highest BCUT2D eigenvalue weighted by Gasteiger charge is 2.09. The highest BCUT2D eigenvalue weighted by Crippen LogP contribution is 2.23. The summed E-state index contributed by atoms with van der Waals surface area (Å²) in [6.07, 6.45) is 9.79. The Bertz CT molecular complexity index is 113. The lowest BCUT2D eigenvalue weighted by atomic mass is 9.79. The predicted molar refractivity (Wildman–Crippen MR) is 58.7 cm³/mol. The zero-order valence-electron chi connectivity index (χ0n) is 8.90. The largest absolute Gasteiger partial charge is 0.247 e. The van der Waals surface area contributed by atoms with E-state index >= 15 is 0 Å². The van der Waals surface area contributed by atoms with E-state index in [9.17, 15) is 4.39 Å². The fraction of sp³-hybridized carbons (Fsp3) is 1.00. The Hall–Kier alpha value is -0.00506. The third kappa shape index (κ3) is 5.33. The first-order valence-electron chi connectivity index (χ1n) is 5.93. The van der Waals surface area contributed by atoms with Crippen molar-refractivity contribution in [3.05, 3.63) is 0 Å². The maximum Gasteiger partial charge on any atom is 0.105 e. The maximum atomic E-state index is 13.2. The minimum absolute atomic E-state index is 0.506. The zero-order chi connectivity index (χ0) is 9.52. The molecule has 0 nitrogen and oxygen atoms in total. The summed E-state index contributed by atoms with van der Waals surface area (Å²) in [6.45, 7) is 0. The maximum absolute atomic E-state index is 13.2. The lowest BCUT2D eigenvalue weighted by Crippen LogP contribution is -1.99. The van der Waals surface area contributed by atoms with Crippen LogP contribution in [0.15, 0.2) is 0 Å². The molecule has 0 aromatic carbocycles. The molecule has 1 aliphatic carbocycles. The van der Waals surface area contributed by atoms with Gasteiger partial charge in [-0.15, -0.1) is 0 Å². The first kappa shape index (κ1) is 11.1. The molecule has 0 spiro atoms. The monoisotopic (exact) mass is 184 g/mol. The van der Waals surface area contributed by atoms with Crippen LogP contribution in [0.5, 0.6) is 0 Å². The van der Waals surface area contributed by atoms with Crippen LogP contribution in [0.4, 0.5) is 4.39 Å². The Morgan fingerprint density at radius 1 is 0.769 bits per heavy atom. The number of hydrogen-bond acceptors (Lipinski definition) is 0. The molecule has 1 fully saturated rings. The van der Waals surface area contributed by atoms with Crippen LogP contribution in [0.3, 0.4) is 0 Å². The van der Waals surface area contributed by atoms with Gasteiger partial charge in [-0.1, -0.05) is 50.8 Å². The van der Waals surface area contributed by atoms with E-state index in [0.29, 0.717) is 0 Å². The summed E-state index contributed by atoms with van der Waals surface area (Å²) in [5, 5.41) is 0. The quantitative estimate of drug-likeness (QED) is 0.507. The van der Waals surface area contributed by atoms with Gasteiger partial charge >= 0.3 is 0 Å². The van der Waals surface area contributed by atoms with Crippen LogP contribution in [0.1, 0.15) is 57.8 Å². The minimum atomic E-state index is -0.506. The minimum Gasteiger partial charge on any atom is -0.247 e. The molecule has 2 atom stereocenters. The van der Waals surface area contributed by atoms with Crippen molar-refractivity contribution in [3.8, 4) is 0 Å². The average molecular weight is 184 g/mol. The standard InChI is InChI=1S/C11H22BF/c12-10-6-2-1-3-8-11(13)9-5-4-7-10/h10-11H,1-9,12H2. The van der Waals surface area contributed by atoms with Crippen molar-refractivity contribution in [2.24, 2.45) is 0 Å². The topological polar surface area (TPSA) is 0 Å². The highest BCUT2D eigenvalue weighted by atomic mass is 19.1. The van der Waals surface area contributed by atoms with Gasteiger partial charge in [-0.2, -0.15) is 0 Å². The van der Waals surface area contributed by atoms with Gasteiger partial charge < -0.3 is 0 Å². The van der Waals surface area contributed by atoms with Crippen molar-refractivity contribution in [1.29, 1.82) is 0 Å². The van der Waals surface area contributed by atoms with Crippen LogP contribution < -0.4 is 0 Å². The summed E-state index contributed by atoms with van der Waals surface area (Å²) in [5.41, 5.74) is 0. The Kier molecular flexibility index (Phi) is 5.49. The second kappa shape index (κ2) is 6.45. The van der Waals surface area contributed by atoms with Crippen LogP contribution >= 0.6 is 0 Å². The molecule has 0 aromatic rings. The van der Waals surface area contributed by atoms with E-state index in [1.165, 1.54) is 32.1 Å². The molecule has 0 amide bonds. The summed E-state index contributed by atoms with van der Waals surface area (Å²) >= 11 is 0. The van der Waals surface area contributed by atoms with Crippen molar-refractivity contribution in [3.63, 3.8) is 0 Å². The molecule has 1 aliphatic rings. The summed E-state index contributed by atoms with van der Waals surface area (Å²) in [7, 11) is 2.34. The molecule has 0 aliphatic heterocycles. The third-order valence-corrected chi connectivity index (χ3v) is 3.18. The SMILES string of the molecule is BC1CCCCCC(F)CCCC1. The molecule has 1 rings (SSSR count). The van der Waals surface area contributed by atoms with Crippen LogP contribution in [-0.4, -0.2) is 14.0 Å². The van der Waals surface area contributed by atoms with Crippen LogP contribution in [0.25, 0.3) is 0 Å². The number of halogens is 1. The molecule has 0 saturated heterocycles. The van der Waals surface area contributed by atoms with Gasteiger partial charge in [0.1, 0.15) is 14.0 Å². The lowest BCUT2D eigenvalue weighted by Gasteiger charge is -2.09. The smallest absolute Gasteiger partial charge is 0.105 e. The molecule has 0 bridgehead atoms. The van der Waals surface area contributed by atoms with Gasteiger partial charge in [-0.3, -0.25) is 0 Å². The van der Waals surface area contributed by atoms with E-state index in [-0.39, 0.29) is 0 Å². The van der Waals surface area contributed by atoms with Gasteiger partial charge in [0.2, 0.25) is 0 Å². The molecule has 0 aromatic heterocycles. The zero-order valence-corrected chi connectivity index (χ0v) is 8.90. The van der Waals surface area contributed by atoms with E-state index in [2.05, 4.69) is 7.85 Å². The van der Waals surface area contributed by atoms with Crippen LogP contribution in [0.2, 0.25) is 5.82 Å². The second-order valence-electron chi connectivity index (χ2n) is 4.62. The molecule has 0 heterocycles. The number of hydrogen-bond donors (Lipinski definition) is 0. The molecule has 0 N–H and O–H groups in total. The van der Waals surface area contributed by atoms with Gasteiger partial charge in [0.05, 0.1) is 0 Å². The van der Waals surface area contributed by atoms with E-state index in [4.69, 9.17) is 0 Å². The Balaban J connectivity index is 2.22. The predicted octanol–water partition coefficient (Wildman–Crippen LogP) is 3.27.